The Morgan fingerprint density at radius 3 is 2.73 bits per heavy atom. The Hall–Kier alpha value is -3.32. The quantitative estimate of drug-likeness (QED) is 0.280. The van der Waals surface area contributed by atoms with Crippen LogP contribution in [0.4, 0.5) is 0 Å². The average Bonchev–Trinajstić information content (AvgIpc) is 3.31. The van der Waals surface area contributed by atoms with Crippen LogP contribution in [0.3, 0.4) is 0 Å². The third-order valence-corrected chi connectivity index (χ3v) is 5.58. The molecule has 152 valence electrons. The number of esters is 1. The monoisotopic (exact) mass is 425 g/mol. The van der Waals surface area contributed by atoms with Gasteiger partial charge in [-0.2, -0.15) is 0 Å². The molecule has 0 atom stereocenters. The lowest BCUT2D eigenvalue weighted by Crippen LogP contribution is -2.18. The zero-order valence-electron chi connectivity index (χ0n) is 15.8. The molecule has 0 radical (unpaired) electrons. The van der Waals surface area contributed by atoms with Crippen LogP contribution in [0.2, 0.25) is 5.02 Å². The maximum Gasteiger partial charge on any atom is 0.419 e. The Morgan fingerprint density at radius 1 is 1.03 bits per heavy atom. The molecule has 2 aromatic carbocycles. The van der Waals surface area contributed by atoms with E-state index in [2.05, 4.69) is 0 Å². The summed E-state index contributed by atoms with van der Waals surface area (Å²) in [4.78, 5) is 36.5. The van der Waals surface area contributed by atoms with Crippen molar-refractivity contribution in [3.8, 4) is 5.75 Å². The van der Waals surface area contributed by atoms with Gasteiger partial charge < -0.3 is 13.6 Å². The fraction of sp³-hybridized carbons (Fsp3) is 0.227. The molecule has 5 rings (SSSR count). The lowest BCUT2D eigenvalue weighted by Gasteiger charge is -2.08. The second kappa shape index (κ2) is 7.18. The van der Waals surface area contributed by atoms with Gasteiger partial charge in [0.15, 0.2) is 5.58 Å². The molecule has 4 aromatic rings. The van der Waals surface area contributed by atoms with Gasteiger partial charge in [0.25, 0.3) is 0 Å². The minimum atomic E-state index is -0.568. The maximum absolute atomic E-state index is 12.3. The van der Waals surface area contributed by atoms with Gasteiger partial charge >= 0.3 is 17.4 Å². The van der Waals surface area contributed by atoms with Crippen LogP contribution in [-0.4, -0.2) is 10.5 Å². The van der Waals surface area contributed by atoms with Crippen LogP contribution in [0.25, 0.3) is 22.1 Å². The molecule has 0 saturated heterocycles. The average molecular weight is 426 g/mol. The van der Waals surface area contributed by atoms with Crippen molar-refractivity contribution >= 4 is 39.6 Å². The SMILES string of the molecule is O=C(CCn1c(=O)oc2cc(Cl)ccc21)Oc1ccc2c3c(c(=O)oc2c1)CCC3. The van der Waals surface area contributed by atoms with E-state index in [1.54, 1.807) is 30.3 Å². The number of rotatable bonds is 4. The lowest BCUT2D eigenvalue weighted by molar-refractivity contribution is -0.134. The van der Waals surface area contributed by atoms with Gasteiger partial charge in [0.2, 0.25) is 0 Å². The van der Waals surface area contributed by atoms with Crippen LogP contribution in [-0.2, 0) is 24.2 Å². The number of nitrogens with zero attached hydrogens (tertiary/aromatic N) is 1. The van der Waals surface area contributed by atoms with E-state index in [0.29, 0.717) is 21.7 Å². The summed E-state index contributed by atoms with van der Waals surface area (Å²) in [5, 5.41) is 1.33. The highest BCUT2D eigenvalue weighted by Crippen LogP contribution is 2.29. The summed E-state index contributed by atoms with van der Waals surface area (Å²) in [6.07, 6.45) is 2.47. The first-order chi connectivity index (χ1) is 14.5. The van der Waals surface area contributed by atoms with Crippen molar-refractivity contribution in [3.63, 3.8) is 0 Å². The predicted octanol–water partition coefficient (Wildman–Crippen LogP) is 3.84. The highest BCUT2D eigenvalue weighted by Gasteiger charge is 2.20. The number of benzene rings is 2. The van der Waals surface area contributed by atoms with Gasteiger partial charge in [-0.15, -0.1) is 0 Å². The fourth-order valence-electron chi connectivity index (χ4n) is 3.97. The molecule has 7 nitrogen and oxygen atoms in total. The molecule has 0 bridgehead atoms. The Bertz CT molecular complexity index is 1430. The number of ether oxygens (including phenoxy) is 1. The van der Waals surface area contributed by atoms with Crippen LogP contribution in [0.1, 0.15) is 24.0 Å². The van der Waals surface area contributed by atoms with Gasteiger partial charge in [0.1, 0.15) is 11.3 Å². The number of carbonyl (C=O) groups is 1. The van der Waals surface area contributed by atoms with E-state index in [-0.39, 0.29) is 24.3 Å². The molecule has 0 spiro atoms. The molecule has 1 aliphatic carbocycles. The fourth-order valence-corrected chi connectivity index (χ4v) is 4.13. The first-order valence-corrected chi connectivity index (χ1v) is 9.95. The van der Waals surface area contributed by atoms with Gasteiger partial charge in [0, 0.05) is 34.6 Å². The van der Waals surface area contributed by atoms with E-state index in [9.17, 15) is 14.4 Å². The largest absolute Gasteiger partial charge is 0.426 e. The second-order valence-electron chi connectivity index (χ2n) is 7.21. The first-order valence-electron chi connectivity index (χ1n) is 9.58. The Balaban J connectivity index is 1.34. The predicted molar refractivity (Wildman–Crippen MR) is 110 cm³/mol. The molecule has 2 heterocycles. The van der Waals surface area contributed by atoms with Crippen molar-refractivity contribution in [2.24, 2.45) is 0 Å². The topological polar surface area (TPSA) is 91.6 Å². The summed E-state index contributed by atoms with van der Waals surface area (Å²) in [5.41, 5.74) is 2.75. The molecule has 2 aromatic heterocycles. The smallest absolute Gasteiger partial charge is 0.419 e. The summed E-state index contributed by atoms with van der Waals surface area (Å²) in [6, 6.07) is 9.90. The third-order valence-electron chi connectivity index (χ3n) is 5.35. The van der Waals surface area contributed by atoms with Crippen molar-refractivity contribution in [1.82, 2.24) is 4.57 Å². The molecule has 0 fully saturated rings. The number of fused-ring (bicyclic) bond motifs is 4. The normalized spacial score (nSPS) is 13.1. The molecule has 1 aliphatic rings. The molecule has 8 heteroatoms. The standard InChI is InChI=1S/C22H16ClNO6/c23-12-4-7-17-19(10-12)30-22(27)24(17)9-8-20(25)28-13-5-6-15-14-2-1-3-16(14)21(26)29-18(15)11-13/h4-7,10-11H,1-3,8-9H2. The van der Waals surface area contributed by atoms with Crippen molar-refractivity contribution in [3.05, 3.63) is 73.5 Å². The number of oxazole rings is 1. The number of aromatic nitrogens is 1. The van der Waals surface area contributed by atoms with Crippen LogP contribution in [0.15, 0.2) is 54.8 Å². The van der Waals surface area contributed by atoms with E-state index >= 15 is 0 Å². The van der Waals surface area contributed by atoms with Gasteiger partial charge in [-0.3, -0.25) is 9.36 Å². The summed E-state index contributed by atoms with van der Waals surface area (Å²) < 4.78 is 17.3. The van der Waals surface area contributed by atoms with E-state index in [4.69, 9.17) is 25.2 Å². The maximum atomic E-state index is 12.3. The Labute approximate surface area is 174 Å². The molecular formula is C22H16ClNO6. The molecular weight excluding hydrogens is 410 g/mol. The van der Waals surface area contributed by atoms with Crippen LogP contribution in [0.5, 0.6) is 5.75 Å². The van der Waals surface area contributed by atoms with Gasteiger partial charge in [-0.1, -0.05) is 11.6 Å². The first kappa shape index (κ1) is 18.7. The second-order valence-corrected chi connectivity index (χ2v) is 7.65. The van der Waals surface area contributed by atoms with Gasteiger partial charge in [-0.05, 0) is 49.1 Å². The highest BCUT2D eigenvalue weighted by molar-refractivity contribution is 6.31. The van der Waals surface area contributed by atoms with Gasteiger partial charge in [-0.25, -0.2) is 9.59 Å². The zero-order valence-corrected chi connectivity index (χ0v) is 16.5. The highest BCUT2D eigenvalue weighted by atomic mass is 35.5. The number of hydrogen-bond acceptors (Lipinski definition) is 6. The van der Waals surface area contributed by atoms with Crippen molar-refractivity contribution in [1.29, 1.82) is 0 Å². The van der Waals surface area contributed by atoms with Crippen molar-refractivity contribution in [2.45, 2.75) is 32.2 Å². The molecule has 0 amide bonds. The zero-order chi connectivity index (χ0) is 20.8. The van der Waals surface area contributed by atoms with E-state index < -0.39 is 11.7 Å². The minimum absolute atomic E-state index is 0.0384. The number of halogens is 1. The lowest BCUT2D eigenvalue weighted by atomic mass is 10.1. The van der Waals surface area contributed by atoms with Gasteiger partial charge in [0.05, 0.1) is 11.9 Å². The Kier molecular flexibility index (Phi) is 4.47. The number of aryl methyl sites for hydroxylation is 2. The molecule has 30 heavy (non-hydrogen) atoms. The Morgan fingerprint density at radius 2 is 1.87 bits per heavy atom. The van der Waals surface area contributed by atoms with Crippen molar-refractivity contribution in [2.75, 3.05) is 0 Å². The van der Waals surface area contributed by atoms with E-state index in [0.717, 1.165) is 35.8 Å². The van der Waals surface area contributed by atoms with E-state index in [1.807, 2.05) is 6.07 Å². The van der Waals surface area contributed by atoms with Crippen LogP contribution >= 0.6 is 11.6 Å². The minimum Gasteiger partial charge on any atom is -0.426 e. The van der Waals surface area contributed by atoms with Crippen LogP contribution in [0, 0.1) is 0 Å². The third kappa shape index (κ3) is 3.21. The van der Waals surface area contributed by atoms with E-state index in [1.165, 1.54) is 4.57 Å². The molecule has 0 aliphatic heterocycles. The summed E-state index contributed by atoms with van der Waals surface area (Å²) in [7, 11) is 0. The summed E-state index contributed by atoms with van der Waals surface area (Å²) >= 11 is 5.91. The number of carbonyl (C=O) groups excluding carboxylic acids is 1. The summed E-state index contributed by atoms with van der Waals surface area (Å²) in [5.74, 6) is -0.806. The van der Waals surface area contributed by atoms with Crippen LogP contribution < -0.4 is 16.1 Å². The van der Waals surface area contributed by atoms with Crippen molar-refractivity contribution < 1.29 is 18.4 Å². The number of hydrogen-bond donors (Lipinski definition) is 0. The molecule has 0 unspecified atom stereocenters. The molecule has 0 saturated carbocycles. The molecule has 0 N–H and O–H groups in total. The summed E-state index contributed by atoms with van der Waals surface area (Å²) in [6.45, 7) is 0.0997.